The second kappa shape index (κ2) is 13.1. The van der Waals surface area contributed by atoms with Gasteiger partial charge in [-0.05, 0) is 83.3 Å². The number of likely N-dealkylation sites (tertiary alicyclic amines) is 1. The molecule has 1 aliphatic rings. The summed E-state index contributed by atoms with van der Waals surface area (Å²) < 4.78 is 39.9. The first-order valence-corrected chi connectivity index (χ1v) is 12.4. The first-order valence-electron chi connectivity index (χ1n) is 12.4. The molecule has 0 spiro atoms. The van der Waals surface area contributed by atoms with Crippen LogP contribution in [0.1, 0.15) is 64.5 Å². The Balaban J connectivity index is 0.000000267. The Bertz CT molecular complexity index is 955. The van der Waals surface area contributed by atoms with E-state index in [-0.39, 0.29) is 11.6 Å². The van der Waals surface area contributed by atoms with Crippen LogP contribution in [0.4, 0.5) is 19.0 Å². The van der Waals surface area contributed by atoms with E-state index in [1.54, 1.807) is 25.5 Å². The maximum atomic E-state index is 12.6. The second-order valence-corrected chi connectivity index (χ2v) is 10.1. The van der Waals surface area contributed by atoms with Crippen LogP contribution in [0.3, 0.4) is 0 Å². The van der Waals surface area contributed by atoms with E-state index in [1.165, 1.54) is 32.0 Å². The lowest BCUT2D eigenvalue weighted by Gasteiger charge is -2.32. The summed E-state index contributed by atoms with van der Waals surface area (Å²) >= 11 is 0. The summed E-state index contributed by atoms with van der Waals surface area (Å²) in [6.45, 7) is 11.5. The van der Waals surface area contributed by atoms with E-state index in [0.717, 1.165) is 25.1 Å². The molecule has 2 aromatic rings. The number of carbonyl (C=O) groups is 1. The summed E-state index contributed by atoms with van der Waals surface area (Å²) in [5.74, 6) is -0.586. The fourth-order valence-corrected chi connectivity index (χ4v) is 4.42. The van der Waals surface area contributed by atoms with Crippen molar-refractivity contribution in [2.24, 2.45) is 0 Å². The normalized spacial score (nSPS) is 16.3. The molecule has 0 aliphatic carbocycles. The van der Waals surface area contributed by atoms with E-state index < -0.39 is 23.8 Å². The number of hydrogen-bond acceptors (Lipinski definition) is 4. The van der Waals surface area contributed by atoms with Crippen LogP contribution in [0, 0.1) is 0 Å². The third-order valence-corrected chi connectivity index (χ3v) is 6.25. The number of rotatable bonds is 10. The predicted octanol–water partition coefficient (Wildman–Crippen LogP) is 5.88. The number of nitrogens with zero attached hydrogens (tertiary/aromatic N) is 3. The lowest BCUT2D eigenvalue weighted by atomic mass is 10.0. The summed E-state index contributed by atoms with van der Waals surface area (Å²) in [5, 5.41) is 12.0. The zero-order valence-electron chi connectivity index (χ0n) is 21.6. The number of nitrogens with one attached hydrogen (secondary N) is 2. The van der Waals surface area contributed by atoms with Crippen molar-refractivity contribution in [3.05, 3.63) is 53.7 Å². The molecule has 1 fully saturated rings. The van der Waals surface area contributed by atoms with Gasteiger partial charge >= 0.3 is 12.1 Å². The molecule has 0 radical (unpaired) electrons. The van der Waals surface area contributed by atoms with E-state index in [9.17, 15) is 18.0 Å². The Labute approximate surface area is 211 Å². The molecule has 3 rings (SSSR count). The molecule has 0 saturated carbocycles. The van der Waals surface area contributed by atoms with Gasteiger partial charge in [0.1, 0.15) is 6.04 Å². The first kappa shape index (κ1) is 29.6. The first-order chi connectivity index (χ1) is 16.8. The van der Waals surface area contributed by atoms with Crippen molar-refractivity contribution in [2.75, 3.05) is 19.6 Å². The van der Waals surface area contributed by atoms with Crippen molar-refractivity contribution in [1.29, 1.82) is 0 Å². The van der Waals surface area contributed by atoms with Crippen molar-refractivity contribution in [3.63, 3.8) is 0 Å². The Morgan fingerprint density at radius 2 is 1.92 bits per heavy atom. The van der Waals surface area contributed by atoms with Gasteiger partial charge in [0.15, 0.2) is 0 Å². The van der Waals surface area contributed by atoms with E-state index in [4.69, 9.17) is 10.8 Å². The standard InChI is InChI=1S/C15H20F3NO2.C11H19N4/c1-3-5-13(14(20)21)19-10(2)8-11-6-4-7-12(9-11)15(16,17)18;1-11(2,8-14-5-3-4-6-14)15-7-10(12)13-9-15/h4,6-7,9-10,13,19H,3,5,8H2,1-2H3,(H,20,21);7,9,12H,3-6,8H2,1-2H3/q;-1. The fraction of sp³-hybridized carbons (Fsp3) is 0.615. The molecular formula is C26H39F3N5O2-. The van der Waals surface area contributed by atoms with Crippen molar-refractivity contribution in [1.82, 2.24) is 19.8 Å². The molecule has 3 N–H and O–H groups in total. The molecule has 1 aromatic heterocycles. The van der Waals surface area contributed by atoms with Crippen LogP contribution in [-0.4, -0.2) is 57.2 Å². The SMILES string of the molecule is CC(C)(CN1CCCC1)n1cnc([NH-])c1.CCCC(NC(C)Cc1cccc(C(F)(F)F)c1)C(=O)O. The molecule has 1 saturated heterocycles. The average Bonchev–Trinajstić information content (AvgIpc) is 3.45. The smallest absolute Gasteiger partial charge is 0.416 e. The van der Waals surface area contributed by atoms with Gasteiger partial charge in [-0.15, -0.1) is 0 Å². The maximum absolute atomic E-state index is 12.6. The van der Waals surface area contributed by atoms with Crippen LogP contribution in [0.15, 0.2) is 36.8 Å². The van der Waals surface area contributed by atoms with Crippen molar-refractivity contribution < 1.29 is 23.1 Å². The van der Waals surface area contributed by atoms with E-state index >= 15 is 0 Å². The van der Waals surface area contributed by atoms with E-state index in [2.05, 4.69) is 29.0 Å². The van der Waals surface area contributed by atoms with Gasteiger partial charge in [0.2, 0.25) is 0 Å². The molecule has 7 nitrogen and oxygen atoms in total. The van der Waals surface area contributed by atoms with Gasteiger partial charge in [0.05, 0.1) is 11.1 Å². The van der Waals surface area contributed by atoms with Gasteiger partial charge in [0.25, 0.3) is 0 Å². The van der Waals surface area contributed by atoms with E-state index in [0.29, 0.717) is 24.2 Å². The highest BCUT2D eigenvalue weighted by Gasteiger charge is 2.30. The zero-order chi connectivity index (χ0) is 26.9. The van der Waals surface area contributed by atoms with Crippen LogP contribution in [0.5, 0.6) is 0 Å². The van der Waals surface area contributed by atoms with Crippen molar-refractivity contribution in [3.8, 4) is 0 Å². The number of imidazole rings is 1. The fourth-order valence-electron chi connectivity index (χ4n) is 4.42. The number of benzene rings is 1. The molecule has 10 heteroatoms. The van der Waals surface area contributed by atoms with Crippen LogP contribution >= 0.6 is 0 Å². The highest BCUT2D eigenvalue weighted by Crippen LogP contribution is 2.29. The van der Waals surface area contributed by atoms with Crippen LogP contribution < -0.4 is 5.32 Å². The molecule has 0 amide bonds. The molecule has 1 aliphatic heterocycles. The maximum Gasteiger partial charge on any atom is 0.416 e. The summed E-state index contributed by atoms with van der Waals surface area (Å²) in [6.07, 6.45) is 3.40. The van der Waals surface area contributed by atoms with Gasteiger partial charge in [-0.2, -0.15) is 13.2 Å². The molecule has 36 heavy (non-hydrogen) atoms. The highest BCUT2D eigenvalue weighted by atomic mass is 19.4. The van der Waals surface area contributed by atoms with Crippen molar-refractivity contribution in [2.45, 2.75) is 83.6 Å². The Kier molecular flexibility index (Phi) is 10.8. The largest absolute Gasteiger partial charge is 0.481 e. The number of carboxylic acids is 1. The van der Waals surface area contributed by atoms with Gasteiger partial charge in [-0.1, -0.05) is 31.5 Å². The number of aromatic nitrogens is 2. The predicted molar refractivity (Wildman–Crippen MR) is 135 cm³/mol. The second-order valence-electron chi connectivity index (χ2n) is 10.1. The summed E-state index contributed by atoms with van der Waals surface area (Å²) in [5.41, 5.74) is 7.32. The molecule has 2 heterocycles. The molecule has 2 unspecified atom stereocenters. The minimum atomic E-state index is -4.36. The van der Waals surface area contributed by atoms with Gasteiger partial charge in [-0.3, -0.25) is 4.79 Å². The number of hydrogen-bond donors (Lipinski definition) is 2. The Hall–Kier alpha value is -2.59. The van der Waals surface area contributed by atoms with E-state index in [1.807, 2.05) is 11.5 Å². The number of aliphatic carboxylic acids is 1. The summed E-state index contributed by atoms with van der Waals surface area (Å²) in [4.78, 5) is 17.5. The molecular weight excluding hydrogens is 471 g/mol. The molecule has 2 atom stereocenters. The summed E-state index contributed by atoms with van der Waals surface area (Å²) in [6, 6.07) is 4.22. The highest BCUT2D eigenvalue weighted by molar-refractivity contribution is 5.73. The summed E-state index contributed by atoms with van der Waals surface area (Å²) in [7, 11) is 0. The minimum Gasteiger partial charge on any atom is -0.481 e. The van der Waals surface area contributed by atoms with Gasteiger partial charge in [0, 0.05) is 18.8 Å². The van der Waals surface area contributed by atoms with Crippen molar-refractivity contribution >= 4 is 11.8 Å². The molecule has 0 bridgehead atoms. The lowest BCUT2D eigenvalue weighted by Crippen LogP contribution is -2.42. The van der Waals surface area contributed by atoms with Gasteiger partial charge in [-0.25, -0.2) is 0 Å². The monoisotopic (exact) mass is 510 g/mol. The van der Waals surface area contributed by atoms with Crippen LogP contribution in [0.2, 0.25) is 0 Å². The zero-order valence-corrected chi connectivity index (χ0v) is 21.6. The molecule has 202 valence electrons. The number of halogens is 3. The van der Waals surface area contributed by atoms with Gasteiger partial charge < -0.3 is 30.6 Å². The number of alkyl halides is 3. The molecule has 1 aromatic carbocycles. The third-order valence-electron chi connectivity index (χ3n) is 6.25. The lowest BCUT2D eigenvalue weighted by molar-refractivity contribution is -0.140. The topological polar surface area (TPSA) is 94.2 Å². The van der Waals surface area contributed by atoms with Crippen LogP contribution in [-0.2, 0) is 22.9 Å². The Morgan fingerprint density at radius 3 is 2.44 bits per heavy atom. The Morgan fingerprint density at radius 1 is 1.25 bits per heavy atom. The quantitative estimate of drug-likeness (QED) is 0.416. The van der Waals surface area contributed by atoms with Crippen LogP contribution in [0.25, 0.3) is 5.73 Å². The minimum absolute atomic E-state index is 0.0383. The number of carboxylic acid groups (broad SMARTS) is 1. The third kappa shape index (κ3) is 9.46. The average molecular weight is 511 g/mol.